The first-order valence-electron chi connectivity index (χ1n) is 8.06. The Hall–Kier alpha value is -1.22. The summed E-state index contributed by atoms with van der Waals surface area (Å²) < 4.78 is 10.9. The fourth-order valence-electron chi connectivity index (χ4n) is 4.75. The van der Waals surface area contributed by atoms with E-state index in [1.54, 1.807) is 14.2 Å². The molecule has 3 nitrogen and oxygen atoms in total. The lowest BCUT2D eigenvalue weighted by atomic mass is 9.60. The molecule has 0 spiro atoms. The Morgan fingerprint density at radius 3 is 2.62 bits per heavy atom. The molecule has 3 rings (SSSR count). The van der Waals surface area contributed by atoms with Crippen molar-refractivity contribution in [1.82, 2.24) is 4.90 Å². The third-order valence-electron chi connectivity index (χ3n) is 5.92. The molecule has 0 N–H and O–H groups in total. The Kier molecular flexibility index (Phi) is 3.87. The van der Waals surface area contributed by atoms with Crippen LogP contribution in [0.3, 0.4) is 0 Å². The summed E-state index contributed by atoms with van der Waals surface area (Å²) in [6, 6.07) is 7.21. The monoisotopic (exact) mass is 289 g/mol. The third-order valence-corrected chi connectivity index (χ3v) is 5.92. The van der Waals surface area contributed by atoms with Crippen LogP contribution in [0.15, 0.2) is 18.2 Å². The lowest BCUT2D eigenvalue weighted by Gasteiger charge is -2.46. The predicted octanol–water partition coefficient (Wildman–Crippen LogP) is 3.47. The summed E-state index contributed by atoms with van der Waals surface area (Å²) in [7, 11) is 5.71. The van der Waals surface area contributed by atoms with Crippen molar-refractivity contribution >= 4 is 0 Å². The summed E-state index contributed by atoms with van der Waals surface area (Å²) in [5, 5.41) is 0. The molecule has 1 aliphatic carbocycles. The van der Waals surface area contributed by atoms with E-state index >= 15 is 0 Å². The molecule has 1 saturated carbocycles. The molecule has 3 heteroatoms. The fraction of sp³-hybridized carbons (Fsp3) is 0.667. The number of methoxy groups -OCH3 is 2. The molecule has 1 aromatic carbocycles. The first kappa shape index (κ1) is 14.7. The Labute approximate surface area is 128 Å². The SMILES string of the molecule is COc1ccc([C@]23CCN(C)C2CCCC3C)cc1OC. The van der Waals surface area contributed by atoms with E-state index < -0.39 is 0 Å². The molecule has 0 aromatic heterocycles. The molecule has 0 amide bonds. The zero-order valence-corrected chi connectivity index (χ0v) is 13.7. The lowest BCUT2D eigenvalue weighted by Crippen LogP contribution is -2.48. The second-order valence-electron chi connectivity index (χ2n) is 6.69. The van der Waals surface area contributed by atoms with E-state index in [0.717, 1.165) is 17.4 Å². The third kappa shape index (κ3) is 2.13. The van der Waals surface area contributed by atoms with Gasteiger partial charge in [0.1, 0.15) is 0 Å². The number of hydrogen-bond acceptors (Lipinski definition) is 3. The Bertz CT molecular complexity index is 516. The van der Waals surface area contributed by atoms with E-state index in [9.17, 15) is 0 Å². The minimum Gasteiger partial charge on any atom is -0.493 e. The molecule has 21 heavy (non-hydrogen) atoms. The number of nitrogens with zero attached hydrogens (tertiary/aromatic N) is 1. The average Bonchev–Trinajstić information content (AvgIpc) is 2.86. The quantitative estimate of drug-likeness (QED) is 0.850. The van der Waals surface area contributed by atoms with Gasteiger partial charge in [-0.25, -0.2) is 0 Å². The number of rotatable bonds is 3. The van der Waals surface area contributed by atoms with Crippen LogP contribution in [0.2, 0.25) is 0 Å². The summed E-state index contributed by atoms with van der Waals surface area (Å²) in [5.74, 6) is 2.40. The molecule has 0 radical (unpaired) electrons. The van der Waals surface area contributed by atoms with Crippen molar-refractivity contribution in [3.05, 3.63) is 23.8 Å². The Balaban J connectivity index is 2.07. The molecule has 1 heterocycles. The number of likely N-dealkylation sites (N-methyl/N-ethyl adjacent to an activating group) is 1. The van der Waals surface area contributed by atoms with E-state index in [-0.39, 0.29) is 5.41 Å². The second kappa shape index (κ2) is 5.53. The standard InChI is InChI=1S/C18H27NO2/c1-13-6-5-7-17-18(13,10-11-19(17)2)14-8-9-15(20-3)16(12-14)21-4/h8-9,12-13,17H,5-7,10-11H2,1-4H3/t13?,17?,18-/m1/s1. The van der Waals surface area contributed by atoms with Crippen molar-refractivity contribution in [2.75, 3.05) is 27.8 Å². The summed E-state index contributed by atoms with van der Waals surface area (Å²) in [6.07, 6.45) is 5.25. The van der Waals surface area contributed by atoms with Crippen LogP contribution in [0.5, 0.6) is 11.5 Å². The summed E-state index contributed by atoms with van der Waals surface area (Å²) in [6.45, 7) is 3.63. The molecule has 3 atom stereocenters. The molecule has 2 fully saturated rings. The largest absolute Gasteiger partial charge is 0.493 e. The van der Waals surface area contributed by atoms with Gasteiger partial charge in [-0.2, -0.15) is 0 Å². The van der Waals surface area contributed by atoms with Crippen LogP contribution in [-0.2, 0) is 5.41 Å². The lowest BCUT2D eigenvalue weighted by molar-refractivity contribution is 0.129. The first-order chi connectivity index (χ1) is 10.1. The van der Waals surface area contributed by atoms with Gasteiger partial charge in [0, 0.05) is 11.5 Å². The highest BCUT2D eigenvalue weighted by Crippen LogP contribution is 2.52. The maximum absolute atomic E-state index is 5.54. The van der Waals surface area contributed by atoms with Crippen molar-refractivity contribution < 1.29 is 9.47 Å². The van der Waals surface area contributed by atoms with Crippen molar-refractivity contribution in [1.29, 1.82) is 0 Å². The summed E-state index contributed by atoms with van der Waals surface area (Å²) in [5.41, 5.74) is 1.72. The van der Waals surface area contributed by atoms with Gasteiger partial charge >= 0.3 is 0 Å². The van der Waals surface area contributed by atoms with Crippen molar-refractivity contribution in [2.24, 2.45) is 5.92 Å². The zero-order chi connectivity index (χ0) is 15.0. The van der Waals surface area contributed by atoms with Gasteiger partial charge in [-0.15, -0.1) is 0 Å². The predicted molar refractivity (Wildman–Crippen MR) is 85.3 cm³/mol. The van der Waals surface area contributed by atoms with Gasteiger partial charge in [-0.3, -0.25) is 0 Å². The Morgan fingerprint density at radius 1 is 1.14 bits per heavy atom. The molecular formula is C18H27NO2. The molecular weight excluding hydrogens is 262 g/mol. The minimum absolute atomic E-state index is 0.284. The van der Waals surface area contributed by atoms with Crippen molar-refractivity contribution in [3.63, 3.8) is 0 Å². The number of likely N-dealkylation sites (tertiary alicyclic amines) is 1. The highest BCUT2D eigenvalue weighted by Gasteiger charge is 2.52. The number of fused-ring (bicyclic) bond motifs is 1. The highest BCUT2D eigenvalue weighted by molar-refractivity contribution is 5.46. The topological polar surface area (TPSA) is 21.7 Å². The molecule has 2 aliphatic rings. The van der Waals surface area contributed by atoms with Crippen molar-refractivity contribution in [2.45, 2.75) is 44.1 Å². The second-order valence-corrected chi connectivity index (χ2v) is 6.69. The van der Waals surface area contributed by atoms with Gasteiger partial charge < -0.3 is 14.4 Å². The fourth-order valence-corrected chi connectivity index (χ4v) is 4.75. The van der Waals surface area contributed by atoms with Gasteiger partial charge in [0.05, 0.1) is 14.2 Å². The van der Waals surface area contributed by atoms with E-state index in [0.29, 0.717) is 6.04 Å². The molecule has 1 saturated heterocycles. The number of benzene rings is 1. The van der Waals surface area contributed by atoms with E-state index in [1.807, 2.05) is 0 Å². The van der Waals surface area contributed by atoms with Crippen LogP contribution in [0.4, 0.5) is 0 Å². The van der Waals surface area contributed by atoms with Crippen molar-refractivity contribution in [3.8, 4) is 11.5 Å². The van der Waals surface area contributed by atoms with E-state index in [1.165, 1.54) is 37.8 Å². The van der Waals surface area contributed by atoms with Crippen LogP contribution < -0.4 is 9.47 Å². The van der Waals surface area contributed by atoms with Crippen LogP contribution in [0.1, 0.15) is 38.2 Å². The van der Waals surface area contributed by atoms with Gasteiger partial charge in [0.25, 0.3) is 0 Å². The van der Waals surface area contributed by atoms with Gasteiger partial charge in [-0.1, -0.05) is 19.4 Å². The van der Waals surface area contributed by atoms with E-state index in [2.05, 4.69) is 37.1 Å². The summed E-state index contributed by atoms with van der Waals surface area (Å²) >= 11 is 0. The van der Waals surface area contributed by atoms with Crippen LogP contribution in [0.25, 0.3) is 0 Å². The average molecular weight is 289 g/mol. The van der Waals surface area contributed by atoms with E-state index in [4.69, 9.17) is 9.47 Å². The summed E-state index contributed by atoms with van der Waals surface area (Å²) in [4.78, 5) is 2.56. The molecule has 1 aliphatic heterocycles. The van der Waals surface area contributed by atoms with Crippen LogP contribution in [-0.4, -0.2) is 38.8 Å². The normalized spacial score (nSPS) is 32.8. The van der Waals surface area contributed by atoms with Crippen LogP contribution >= 0.6 is 0 Å². The number of hydrogen-bond donors (Lipinski definition) is 0. The first-order valence-corrected chi connectivity index (χ1v) is 8.06. The molecule has 1 aromatic rings. The highest BCUT2D eigenvalue weighted by atomic mass is 16.5. The van der Waals surface area contributed by atoms with Crippen LogP contribution in [0, 0.1) is 5.92 Å². The maximum atomic E-state index is 5.54. The smallest absolute Gasteiger partial charge is 0.161 e. The van der Waals surface area contributed by atoms with Gasteiger partial charge in [0.15, 0.2) is 11.5 Å². The molecule has 2 unspecified atom stereocenters. The minimum atomic E-state index is 0.284. The number of ether oxygens (including phenoxy) is 2. The van der Waals surface area contributed by atoms with Gasteiger partial charge in [-0.05, 0) is 56.5 Å². The zero-order valence-electron chi connectivity index (χ0n) is 13.7. The maximum Gasteiger partial charge on any atom is 0.161 e. The molecule has 0 bridgehead atoms. The Morgan fingerprint density at radius 2 is 1.90 bits per heavy atom. The van der Waals surface area contributed by atoms with Gasteiger partial charge in [0.2, 0.25) is 0 Å². The molecule has 116 valence electrons.